The molecule has 0 aliphatic carbocycles. The molecule has 0 saturated heterocycles. The van der Waals surface area contributed by atoms with Gasteiger partial charge in [0.1, 0.15) is 5.82 Å². The van der Waals surface area contributed by atoms with Crippen molar-refractivity contribution < 1.29 is 9.18 Å². The third-order valence-electron chi connectivity index (χ3n) is 3.51. The number of amides is 1. The van der Waals surface area contributed by atoms with E-state index in [0.29, 0.717) is 30.0 Å². The van der Waals surface area contributed by atoms with Crippen LogP contribution in [-0.2, 0) is 11.3 Å². The largest absolute Gasteiger partial charge is 0.355 e. The minimum atomic E-state index is -0.300. The zero-order chi connectivity index (χ0) is 18.2. The van der Waals surface area contributed by atoms with Gasteiger partial charge in [0.05, 0.1) is 5.75 Å². The van der Waals surface area contributed by atoms with Crippen LogP contribution in [0.25, 0.3) is 11.4 Å². The first-order valence-electron chi connectivity index (χ1n) is 8.20. The molecule has 0 unspecified atom stereocenters. The van der Waals surface area contributed by atoms with E-state index in [1.165, 1.54) is 23.9 Å². The normalized spacial score (nSPS) is 10.9. The van der Waals surface area contributed by atoms with E-state index in [0.717, 1.165) is 12.0 Å². The summed E-state index contributed by atoms with van der Waals surface area (Å²) in [4.78, 5) is 11.9. The highest BCUT2D eigenvalue weighted by atomic mass is 32.2. The number of nitrogens with zero attached hydrogens (tertiary/aromatic N) is 3. The first kappa shape index (κ1) is 19.2. The molecule has 1 heterocycles. The molecule has 0 saturated carbocycles. The number of hydrogen-bond acceptors (Lipinski definition) is 4. The van der Waals surface area contributed by atoms with Crippen molar-refractivity contribution in [3.8, 4) is 11.4 Å². The molecule has 5 nitrogen and oxygen atoms in total. The minimum Gasteiger partial charge on any atom is -0.355 e. The van der Waals surface area contributed by atoms with E-state index < -0.39 is 0 Å². The Balaban J connectivity index is 2.04. The fourth-order valence-corrected chi connectivity index (χ4v) is 2.96. The number of aromatic nitrogens is 3. The van der Waals surface area contributed by atoms with Crippen molar-refractivity contribution in [3.63, 3.8) is 0 Å². The second-order valence-corrected chi connectivity index (χ2v) is 6.98. The van der Waals surface area contributed by atoms with Crippen molar-refractivity contribution in [1.29, 1.82) is 0 Å². The lowest BCUT2D eigenvalue weighted by atomic mass is 10.1. The Hall–Kier alpha value is -2.15. The van der Waals surface area contributed by atoms with Gasteiger partial charge in [-0.25, -0.2) is 4.39 Å². The zero-order valence-electron chi connectivity index (χ0n) is 14.5. The van der Waals surface area contributed by atoms with Crippen LogP contribution in [0.15, 0.2) is 42.1 Å². The number of carbonyl (C=O) groups excluding carboxylic acids is 1. The Labute approximate surface area is 151 Å². The lowest BCUT2D eigenvalue weighted by molar-refractivity contribution is -0.118. The van der Waals surface area contributed by atoms with E-state index in [4.69, 9.17) is 0 Å². The molecule has 2 aromatic rings. The van der Waals surface area contributed by atoms with Gasteiger partial charge in [-0.2, -0.15) is 0 Å². The Kier molecular flexibility index (Phi) is 7.18. The van der Waals surface area contributed by atoms with Crippen LogP contribution in [0.3, 0.4) is 0 Å². The highest BCUT2D eigenvalue weighted by Gasteiger charge is 2.15. The Morgan fingerprint density at radius 1 is 1.36 bits per heavy atom. The van der Waals surface area contributed by atoms with Crippen LogP contribution >= 0.6 is 11.8 Å². The van der Waals surface area contributed by atoms with Crippen molar-refractivity contribution in [1.82, 2.24) is 20.1 Å². The van der Waals surface area contributed by atoms with Gasteiger partial charge in [-0.05, 0) is 36.6 Å². The number of thioether (sulfide) groups is 1. The van der Waals surface area contributed by atoms with Gasteiger partial charge >= 0.3 is 0 Å². The summed E-state index contributed by atoms with van der Waals surface area (Å²) in [7, 11) is 0. The fourth-order valence-electron chi connectivity index (χ4n) is 2.18. The van der Waals surface area contributed by atoms with Gasteiger partial charge < -0.3 is 5.32 Å². The summed E-state index contributed by atoms with van der Waals surface area (Å²) >= 11 is 1.33. The zero-order valence-corrected chi connectivity index (χ0v) is 15.4. The Morgan fingerprint density at radius 3 is 2.72 bits per heavy atom. The van der Waals surface area contributed by atoms with Crippen molar-refractivity contribution in [2.75, 3.05) is 12.3 Å². The lowest BCUT2D eigenvalue weighted by Crippen LogP contribution is -2.27. The van der Waals surface area contributed by atoms with Crippen LogP contribution in [-0.4, -0.2) is 33.0 Å². The summed E-state index contributed by atoms with van der Waals surface area (Å²) < 4.78 is 15.0. The standard InChI is InChI=1S/C18H23FN4OS/c1-4-11-23-17(14-5-7-15(19)8-6-14)21-22-18(23)25-12-16(24)20-10-9-13(2)3/h4-8,13H,1,9-12H2,2-3H3,(H,20,24). The van der Waals surface area contributed by atoms with E-state index in [1.807, 2.05) is 4.57 Å². The number of halogens is 1. The monoisotopic (exact) mass is 362 g/mol. The number of nitrogens with one attached hydrogen (secondary N) is 1. The maximum atomic E-state index is 13.1. The number of carbonyl (C=O) groups is 1. The number of allylic oxidation sites excluding steroid dienone is 1. The molecule has 1 N–H and O–H groups in total. The van der Waals surface area contributed by atoms with Gasteiger partial charge in [0, 0.05) is 18.7 Å². The molecular weight excluding hydrogens is 339 g/mol. The smallest absolute Gasteiger partial charge is 0.230 e. The van der Waals surface area contributed by atoms with Crippen molar-refractivity contribution >= 4 is 17.7 Å². The summed E-state index contributed by atoms with van der Waals surface area (Å²) in [6.45, 7) is 9.18. The fraction of sp³-hybridized carbons (Fsp3) is 0.389. The molecule has 2 rings (SSSR count). The summed E-state index contributed by atoms with van der Waals surface area (Å²) in [5, 5.41) is 11.9. The van der Waals surface area contributed by atoms with Crippen molar-refractivity contribution in [2.24, 2.45) is 5.92 Å². The van der Waals surface area contributed by atoms with Crippen molar-refractivity contribution in [3.05, 3.63) is 42.7 Å². The summed E-state index contributed by atoms with van der Waals surface area (Å²) in [6, 6.07) is 6.09. The summed E-state index contributed by atoms with van der Waals surface area (Å²) in [5.41, 5.74) is 0.768. The average molecular weight is 362 g/mol. The van der Waals surface area contributed by atoms with Crippen LogP contribution in [0.2, 0.25) is 0 Å². The Morgan fingerprint density at radius 2 is 2.08 bits per heavy atom. The molecule has 134 valence electrons. The summed E-state index contributed by atoms with van der Waals surface area (Å²) in [5.74, 6) is 1.13. The van der Waals surface area contributed by atoms with Crippen LogP contribution in [0.5, 0.6) is 0 Å². The van der Waals surface area contributed by atoms with Gasteiger partial charge in [0.25, 0.3) is 0 Å². The number of rotatable bonds is 9. The second-order valence-electron chi connectivity index (χ2n) is 6.03. The number of benzene rings is 1. The molecule has 0 aliphatic rings. The van der Waals surface area contributed by atoms with Crippen LogP contribution < -0.4 is 5.32 Å². The van der Waals surface area contributed by atoms with Gasteiger partial charge in [-0.1, -0.05) is 31.7 Å². The van der Waals surface area contributed by atoms with Crippen LogP contribution in [0.1, 0.15) is 20.3 Å². The van der Waals surface area contributed by atoms with Crippen LogP contribution in [0.4, 0.5) is 4.39 Å². The SMILES string of the molecule is C=CCn1c(SCC(=O)NCCC(C)C)nnc1-c1ccc(F)cc1. The maximum absolute atomic E-state index is 13.1. The molecule has 1 aromatic heterocycles. The average Bonchev–Trinajstić information content (AvgIpc) is 2.96. The molecule has 25 heavy (non-hydrogen) atoms. The predicted molar refractivity (Wildman–Crippen MR) is 98.8 cm³/mol. The molecule has 0 spiro atoms. The van der Waals surface area contributed by atoms with E-state index in [9.17, 15) is 9.18 Å². The van der Waals surface area contributed by atoms with Gasteiger partial charge in [-0.15, -0.1) is 16.8 Å². The molecule has 1 aromatic carbocycles. The molecule has 0 atom stereocenters. The highest BCUT2D eigenvalue weighted by molar-refractivity contribution is 7.99. The van der Waals surface area contributed by atoms with E-state index in [-0.39, 0.29) is 17.5 Å². The molecular formula is C18H23FN4OS. The van der Waals surface area contributed by atoms with Crippen molar-refractivity contribution in [2.45, 2.75) is 32.0 Å². The molecule has 0 bridgehead atoms. The summed E-state index contributed by atoms with van der Waals surface area (Å²) in [6.07, 6.45) is 2.70. The molecule has 0 fully saturated rings. The third kappa shape index (κ3) is 5.70. The van der Waals surface area contributed by atoms with Gasteiger partial charge in [-0.3, -0.25) is 9.36 Å². The van der Waals surface area contributed by atoms with Crippen LogP contribution in [0, 0.1) is 11.7 Å². The van der Waals surface area contributed by atoms with Gasteiger partial charge in [0.2, 0.25) is 5.91 Å². The third-order valence-corrected chi connectivity index (χ3v) is 4.47. The van der Waals surface area contributed by atoms with E-state index in [1.54, 1.807) is 18.2 Å². The van der Waals surface area contributed by atoms with E-state index >= 15 is 0 Å². The maximum Gasteiger partial charge on any atom is 0.230 e. The predicted octanol–water partition coefficient (Wildman–Crippen LogP) is 3.52. The topological polar surface area (TPSA) is 59.8 Å². The van der Waals surface area contributed by atoms with Gasteiger partial charge in [0.15, 0.2) is 11.0 Å². The molecule has 7 heteroatoms. The molecule has 1 amide bonds. The number of hydrogen-bond donors (Lipinski definition) is 1. The quantitative estimate of drug-likeness (QED) is 0.548. The van der Waals surface area contributed by atoms with E-state index in [2.05, 4.69) is 35.9 Å². The Bertz CT molecular complexity index is 712. The first-order chi connectivity index (χ1) is 12.0. The highest BCUT2D eigenvalue weighted by Crippen LogP contribution is 2.24. The first-order valence-corrected chi connectivity index (χ1v) is 9.19. The lowest BCUT2D eigenvalue weighted by Gasteiger charge is -2.09. The second kappa shape index (κ2) is 9.36. The molecule has 0 aliphatic heterocycles. The molecule has 0 radical (unpaired) electrons. The minimum absolute atomic E-state index is 0.0258.